The first-order valence-electron chi connectivity index (χ1n) is 5.64. The SMILES string of the molecule is CC(Cl)CCOCC(O)COCCC(C)Cl. The molecule has 3 nitrogen and oxygen atoms in total. The molecule has 0 saturated heterocycles. The molecular formula is C11H22Cl2O3. The van der Waals surface area contributed by atoms with Crippen LogP contribution in [0, 0.1) is 0 Å². The fraction of sp³-hybridized carbons (Fsp3) is 1.00. The van der Waals surface area contributed by atoms with Crippen LogP contribution in [0.4, 0.5) is 0 Å². The molecule has 0 heterocycles. The third-order valence-electron chi connectivity index (χ3n) is 1.94. The van der Waals surface area contributed by atoms with Crippen molar-refractivity contribution in [3.63, 3.8) is 0 Å². The Balaban J connectivity index is 3.21. The van der Waals surface area contributed by atoms with Crippen molar-refractivity contribution >= 4 is 23.2 Å². The van der Waals surface area contributed by atoms with E-state index in [9.17, 15) is 5.11 Å². The highest BCUT2D eigenvalue weighted by Crippen LogP contribution is 2.01. The lowest BCUT2D eigenvalue weighted by Gasteiger charge is -2.12. The molecular weight excluding hydrogens is 251 g/mol. The molecule has 0 aromatic heterocycles. The Morgan fingerprint density at radius 2 is 1.31 bits per heavy atom. The lowest BCUT2D eigenvalue weighted by molar-refractivity contribution is -0.0194. The molecule has 0 saturated carbocycles. The lowest BCUT2D eigenvalue weighted by Crippen LogP contribution is -2.23. The van der Waals surface area contributed by atoms with Crippen LogP contribution in [0.1, 0.15) is 26.7 Å². The first-order chi connectivity index (χ1) is 7.52. The van der Waals surface area contributed by atoms with Crippen LogP contribution >= 0.6 is 23.2 Å². The Hall–Kier alpha value is 0.460. The molecule has 0 aliphatic carbocycles. The summed E-state index contributed by atoms with van der Waals surface area (Å²) in [6.45, 7) is 5.55. The predicted molar refractivity (Wildman–Crippen MR) is 67.5 cm³/mol. The molecule has 1 N–H and O–H groups in total. The average Bonchev–Trinajstić information content (AvgIpc) is 2.19. The number of alkyl halides is 2. The second-order valence-corrected chi connectivity index (χ2v) is 5.43. The number of hydrogen-bond donors (Lipinski definition) is 1. The Bertz CT molecular complexity index is 138. The summed E-state index contributed by atoms with van der Waals surface area (Å²) in [6.07, 6.45) is 1.01. The van der Waals surface area contributed by atoms with E-state index in [1.807, 2.05) is 13.8 Å². The Morgan fingerprint density at radius 1 is 0.938 bits per heavy atom. The fourth-order valence-electron chi connectivity index (χ4n) is 0.978. The van der Waals surface area contributed by atoms with Gasteiger partial charge in [-0.25, -0.2) is 0 Å². The topological polar surface area (TPSA) is 38.7 Å². The van der Waals surface area contributed by atoms with Crippen molar-refractivity contribution in [2.75, 3.05) is 26.4 Å². The van der Waals surface area contributed by atoms with E-state index < -0.39 is 6.10 Å². The molecule has 0 aliphatic heterocycles. The van der Waals surface area contributed by atoms with Crippen LogP contribution in [-0.2, 0) is 9.47 Å². The van der Waals surface area contributed by atoms with Gasteiger partial charge in [0.2, 0.25) is 0 Å². The highest BCUT2D eigenvalue weighted by Gasteiger charge is 2.05. The molecule has 0 rings (SSSR count). The van der Waals surface area contributed by atoms with Gasteiger partial charge in [-0.15, -0.1) is 23.2 Å². The summed E-state index contributed by atoms with van der Waals surface area (Å²) in [5, 5.41) is 9.68. The van der Waals surface area contributed by atoms with E-state index in [1.165, 1.54) is 0 Å². The summed E-state index contributed by atoms with van der Waals surface area (Å²) in [5.74, 6) is 0. The Labute approximate surface area is 108 Å². The number of rotatable bonds is 10. The van der Waals surface area contributed by atoms with Crippen LogP contribution in [0.15, 0.2) is 0 Å². The van der Waals surface area contributed by atoms with Gasteiger partial charge in [-0.2, -0.15) is 0 Å². The van der Waals surface area contributed by atoms with E-state index in [1.54, 1.807) is 0 Å². The van der Waals surface area contributed by atoms with Crippen LogP contribution in [0.25, 0.3) is 0 Å². The minimum Gasteiger partial charge on any atom is -0.388 e. The maximum Gasteiger partial charge on any atom is 0.101 e. The van der Waals surface area contributed by atoms with E-state index >= 15 is 0 Å². The van der Waals surface area contributed by atoms with Gasteiger partial charge in [0.15, 0.2) is 0 Å². The van der Waals surface area contributed by atoms with Gasteiger partial charge in [0, 0.05) is 24.0 Å². The second-order valence-electron chi connectivity index (χ2n) is 3.94. The second kappa shape index (κ2) is 10.6. The zero-order chi connectivity index (χ0) is 12.4. The molecule has 5 heteroatoms. The quantitative estimate of drug-likeness (QED) is 0.490. The molecule has 2 unspecified atom stereocenters. The molecule has 98 valence electrons. The highest BCUT2D eigenvalue weighted by atomic mass is 35.5. The third kappa shape index (κ3) is 12.5. The van der Waals surface area contributed by atoms with Gasteiger partial charge in [-0.05, 0) is 26.7 Å². The molecule has 0 aliphatic rings. The predicted octanol–water partition coefficient (Wildman–Crippen LogP) is 2.42. The fourth-order valence-corrected chi connectivity index (χ4v) is 1.16. The maximum atomic E-state index is 9.46. The van der Waals surface area contributed by atoms with Crippen LogP contribution < -0.4 is 0 Å². The third-order valence-corrected chi connectivity index (χ3v) is 2.38. The van der Waals surface area contributed by atoms with E-state index in [0.717, 1.165) is 12.8 Å². The summed E-state index contributed by atoms with van der Waals surface area (Å²) in [4.78, 5) is 0. The van der Waals surface area contributed by atoms with E-state index in [2.05, 4.69) is 0 Å². The van der Waals surface area contributed by atoms with Crippen LogP contribution in [-0.4, -0.2) is 48.4 Å². The van der Waals surface area contributed by atoms with Crippen molar-refractivity contribution in [2.45, 2.75) is 43.5 Å². The zero-order valence-corrected chi connectivity index (χ0v) is 11.5. The van der Waals surface area contributed by atoms with E-state index in [-0.39, 0.29) is 10.8 Å². The lowest BCUT2D eigenvalue weighted by atomic mass is 10.3. The number of hydrogen-bond acceptors (Lipinski definition) is 3. The Kier molecular flexibility index (Phi) is 10.9. The molecule has 0 aromatic carbocycles. The van der Waals surface area contributed by atoms with Crippen LogP contribution in [0.3, 0.4) is 0 Å². The Morgan fingerprint density at radius 3 is 1.62 bits per heavy atom. The van der Waals surface area contributed by atoms with Crippen molar-refractivity contribution in [3.8, 4) is 0 Å². The standard InChI is InChI=1S/C11H22Cl2O3/c1-9(12)3-5-15-7-11(14)8-16-6-4-10(2)13/h9-11,14H,3-8H2,1-2H3. The average molecular weight is 273 g/mol. The van der Waals surface area contributed by atoms with Gasteiger partial charge in [0.1, 0.15) is 6.10 Å². The number of ether oxygens (including phenoxy) is 2. The van der Waals surface area contributed by atoms with Gasteiger partial charge in [0.25, 0.3) is 0 Å². The van der Waals surface area contributed by atoms with E-state index in [0.29, 0.717) is 26.4 Å². The number of aliphatic hydroxyl groups is 1. The van der Waals surface area contributed by atoms with Crippen molar-refractivity contribution in [3.05, 3.63) is 0 Å². The zero-order valence-electron chi connectivity index (χ0n) is 9.99. The smallest absolute Gasteiger partial charge is 0.101 e. The summed E-state index contributed by atoms with van der Waals surface area (Å²) in [6, 6.07) is 0. The molecule has 0 amide bonds. The summed E-state index contributed by atoms with van der Waals surface area (Å²) >= 11 is 11.5. The maximum absolute atomic E-state index is 9.46. The van der Waals surface area contributed by atoms with Crippen molar-refractivity contribution in [2.24, 2.45) is 0 Å². The summed E-state index contributed by atoms with van der Waals surface area (Å²) < 4.78 is 10.5. The highest BCUT2D eigenvalue weighted by molar-refractivity contribution is 6.20. The van der Waals surface area contributed by atoms with Gasteiger partial charge >= 0.3 is 0 Å². The number of halogens is 2. The van der Waals surface area contributed by atoms with Crippen LogP contribution in [0.5, 0.6) is 0 Å². The largest absolute Gasteiger partial charge is 0.388 e. The normalized spacial score (nSPS) is 17.1. The van der Waals surface area contributed by atoms with Crippen molar-refractivity contribution in [1.29, 1.82) is 0 Å². The number of aliphatic hydroxyl groups excluding tert-OH is 1. The molecule has 16 heavy (non-hydrogen) atoms. The molecule has 0 radical (unpaired) electrons. The van der Waals surface area contributed by atoms with Gasteiger partial charge in [-0.1, -0.05) is 0 Å². The minimum absolute atomic E-state index is 0.110. The van der Waals surface area contributed by atoms with Gasteiger partial charge in [-0.3, -0.25) is 0 Å². The van der Waals surface area contributed by atoms with Gasteiger partial charge < -0.3 is 14.6 Å². The van der Waals surface area contributed by atoms with E-state index in [4.69, 9.17) is 32.7 Å². The summed E-state index contributed by atoms with van der Waals surface area (Å²) in [5.41, 5.74) is 0. The van der Waals surface area contributed by atoms with Crippen molar-refractivity contribution in [1.82, 2.24) is 0 Å². The molecule has 0 aromatic rings. The molecule has 0 bridgehead atoms. The van der Waals surface area contributed by atoms with Gasteiger partial charge in [0.05, 0.1) is 13.2 Å². The van der Waals surface area contributed by atoms with Crippen molar-refractivity contribution < 1.29 is 14.6 Å². The molecule has 0 spiro atoms. The monoisotopic (exact) mass is 272 g/mol. The molecule has 2 atom stereocenters. The summed E-state index contributed by atoms with van der Waals surface area (Å²) in [7, 11) is 0. The first kappa shape index (κ1) is 16.5. The first-order valence-corrected chi connectivity index (χ1v) is 6.51. The minimum atomic E-state index is -0.573. The van der Waals surface area contributed by atoms with Crippen LogP contribution in [0.2, 0.25) is 0 Å². The molecule has 0 fully saturated rings.